The average molecular weight is 413 g/mol. The number of nitrogens with two attached hydrogens (primary N) is 1. The SMILES string of the molecule is NCC1CCC(C=NC(=O)C23CC4CC(c5ccccc5)(CC2C4CCl)C3)CC1. The van der Waals surface area contributed by atoms with Crippen molar-refractivity contribution < 1.29 is 4.79 Å². The Morgan fingerprint density at radius 3 is 2.59 bits per heavy atom. The summed E-state index contributed by atoms with van der Waals surface area (Å²) in [5.41, 5.74) is 7.11. The fourth-order valence-corrected chi connectivity index (χ4v) is 8.06. The molecule has 5 atom stereocenters. The molecule has 1 aromatic carbocycles. The van der Waals surface area contributed by atoms with Gasteiger partial charge in [-0.05, 0) is 98.5 Å². The Hall–Kier alpha value is -1.19. The van der Waals surface area contributed by atoms with E-state index in [2.05, 4.69) is 35.3 Å². The standard InChI is InChI=1S/C25H33ClN2O/c26-13-21-19-10-24(20-4-2-1-3-5-20)12-22(21)25(11-19,16-24)23(29)28-15-18-8-6-17(14-27)7-9-18/h1-5,15,17-19,21-22H,6-14,16,27H2. The van der Waals surface area contributed by atoms with Gasteiger partial charge in [-0.3, -0.25) is 4.79 Å². The van der Waals surface area contributed by atoms with Gasteiger partial charge in [0.1, 0.15) is 0 Å². The van der Waals surface area contributed by atoms with Gasteiger partial charge in [-0.15, -0.1) is 11.6 Å². The van der Waals surface area contributed by atoms with Gasteiger partial charge in [0.05, 0.1) is 5.41 Å². The molecule has 6 rings (SSSR count). The van der Waals surface area contributed by atoms with E-state index in [0.29, 0.717) is 35.5 Å². The zero-order valence-electron chi connectivity index (χ0n) is 17.2. The lowest BCUT2D eigenvalue weighted by Gasteiger charge is -2.42. The van der Waals surface area contributed by atoms with Crippen molar-refractivity contribution in [1.82, 2.24) is 0 Å². The Morgan fingerprint density at radius 1 is 1.14 bits per heavy atom. The second-order valence-corrected chi connectivity index (χ2v) is 10.7. The molecule has 0 aliphatic heterocycles. The highest BCUT2D eigenvalue weighted by atomic mass is 35.5. The van der Waals surface area contributed by atoms with E-state index in [1.165, 1.54) is 24.8 Å². The number of hydrogen-bond donors (Lipinski definition) is 1. The number of benzene rings is 1. The number of nitrogens with zero attached hydrogens (tertiary/aromatic N) is 1. The molecular weight excluding hydrogens is 380 g/mol. The number of carbonyl (C=O) groups excluding carboxylic acids is 1. The molecule has 1 amide bonds. The molecular formula is C25H33ClN2O. The number of rotatable bonds is 5. The monoisotopic (exact) mass is 412 g/mol. The largest absolute Gasteiger partial charge is 0.330 e. The lowest BCUT2D eigenvalue weighted by Crippen LogP contribution is -2.38. The summed E-state index contributed by atoms with van der Waals surface area (Å²) >= 11 is 6.42. The van der Waals surface area contributed by atoms with Crippen molar-refractivity contribution in [3.05, 3.63) is 35.9 Å². The van der Waals surface area contributed by atoms with Crippen LogP contribution in [0.5, 0.6) is 0 Å². The molecule has 4 heteroatoms. The summed E-state index contributed by atoms with van der Waals surface area (Å²) in [4.78, 5) is 18.2. The molecule has 0 radical (unpaired) electrons. The fraction of sp³-hybridized carbons (Fsp3) is 0.680. The summed E-state index contributed by atoms with van der Waals surface area (Å²) in [5.74, 6) is 3.39. The predicted octanol–water partition coefficient (Wildman–Crippen LogP) is 4.96. The molecule has 0 heterocycles. The molecule has 5 unspecified atom stereocenters. The number of amides is 1. The van der Waals surface area contributed by atoms with Crippen LogP contribution in [0.4, 0.5) is 0 Å². The van der Waals surface area contributed by atoms with Crippen LogP contribution in [-0.2, 0) is 10.2 Å². The lowest BCUT2D eigenvalue weighted by atomic mass is 9.62. The van der Waals surface area contributed by atoms with Crippen molar-refractivity contribution in [3.8, 4) is 0 Å². The maximum Gasteiger partial charge on any atom is 0.251 e. The van der Waals surface area contributed by atoms with Crippen LogP contribution in [0.3, 0.4) is 0 Å². The predicted molar refractivity (Wildman–Crippen MR) is 118 cm³/mol. The molecule has 5 aliphatic rings. The van der Waals surface area contributed by atoms with E-state index >= 15 is 0 Å². The molecule has 0 saturated heterocycles. The second-order valence-electron chi connectivity index (χ2n) is 10.4. The van der Waals surface area contributed by atoms with E-state index in [0.717, 1.165) is 38.6 Å². The van der Waals surface area contributed by atoms with E-state index < -0.39 is 0 Å². The summed E-state index contributed by atoms with van der Waals surface area (Å²) < 4.78 is 0. The number of carbonyl (C=O) groups is 1. The van der Waals surface area contributed by atoms with Crippen molar-refractivity contribution in [1.29, 1.82) is 0 Å². The highest BCUT2D eigenvalue weighted by Crippen LogP contribution is 2.73. The van der Waals surface area contributed by atoms with Crippen molar-refractivity contribution >= 4 is 23.7 Å². The first-order valence-electron chi connectivity index (χ1n) is 11.5. The minimum Gasteiger partial charge on any atom is -0.330 e. The molecule has 0 spiro atoms. The number of alkyl halides is 1. The van der Waals surface area contributed by atoms with Crippen LogP contribution in [-0.4, -0.2) is 24.5 Å². The molecule has 156 valence electrons. The van der Waals surface area contributed by atoms with E-state index in [9.17, 15) is 4.79 Å². The Bertz CT molecular complexity index is 787. The van der Waals surface area contributed by atoms with Gasteiger partial charge in [-0.2, -0.15) is 0 Å². The van der Waals surface area contributed by atoms with Gasteiger partial charge >= 0.3 is 0 Å². The zero-order valence-corrected chi connectivity index (χ0v) is 18.0. The molecule has 5 aliphatic carbocycles. The van der Waals surface area contributed by atoms with E-state index in [-0.39, 0.29) is 16.7 Å². The second kappa shape index (κ2) is 7.50. The molecule has 29 heavy (non-hydrogen) atoms. The highest BCUT2D eigenvalue weighted by Gasteiger charge is 2.70. The average Bonchev–Trinajstić information content (AvgIpc) is 3.14. The summed E-state index contributed by atoms with van der Waals surface area (Å²) in [6.45, 7) is 0.788. The first-order valence-corrected chi connectivity index (χ1v) is 12.0. The quantitative estimate of drug-likeness (QED) is 0.548. The highest BCUT2D eigenvalue weighted by molar-refractivity contribution is 6.18. The van der Waals surface area contributed by atoms with E-state index in [4.69, 9.17) is 17.3 Å². The van der Waals surface area contributed by atoms with Gasteiger partial charge in [0.15, 0.2) is 0 Å². The van der Waals surface area contributed by atoms with Gasteiger partial charge < -0.3 is 5.73 Å². The van der Waals surface area contributed by atoms with Crippen LogP contribution in [0.1, 0.15) is 56.9 Å². The van der Waals surface area contributed by atoms with Gasteiger partial charge in [-0.25, -0.2) is 4.99 Å². The maximum atomic E-state index is 13.6. The Morgan fingerprint density at radius 2 is 1.90 bits per heavy atom. The van der Waals surface area contributed by atoms with Crippen LogP contribution in [0, 0.1) is 35.0 Å². The Labute approximate surface area is 179 Å². The summed E-state index contributed by atoms with van der Waals surface area (Å²) in [6.07, 6.45) is 10.8. The molecule has 3 nitrogen and oxygen atoms in total. The first-order chi connectivity index (χ1) is 14.1. The van der Waals surface area contributed by atoms with E-state index in [1.54, 1.807) is 0 Å². The maximum absolute atomic E-state index is 13.6. The topological polar surface area (TPSA) is 55.4 Å². The van der Waals surface area contributed by atoms with Crippen LogP contribution in [0.25, 0.3) is 0 Å². The van der Waals surface area contributed by atoms with Crippen molar-refractivity contribution in [2.75, 3.05) is 12.4 Å². The van der Waals surface area contributed by atoms with Gasteiger partial charge in [0.2, 0.25) is 0 Å². The van der Waals surface area contributed by atoms with E-state index in [1.807, 2.05) is 6.21 Å². The molecule has 2 N–H and O–H groups in total. The summed E-state index contributed by atoms with van der Waals surface area (Å²) in [7, 11) is 0. The normalized spacial score (nSPS) is 43.3. The van der Waals surface area contributed by atoms with Crippen LogP contribution >= 0.6 is 11.6 Å². The third-order valence-corrected chi connectivity index (χ3v) is 9.35. The first kappa shape index (κ1) is 19.8. The molecule has 1 aromatic rings. The molecule has 0 aromatic heterocycles. The van der Waals surface area contributed by atoms with Gasteiger partial charge in [0.25, 0.3) is 5.91 Å². The number of aliphatic imine (C=N–C) groups is 1. The van der Waals surface area contributed by atoms with Gasteiger partial charge in [0, 0.05) is 12.1 Å². The lowest BCUT2D eigenvalue weighted by molar-refractivity contribution is -0.129. The third-order valence-electron chi connectivity index (χ3n) is 8.99. The Balaban J connectivity index is 1.38. The number of hydrogen-bond acceptors (Lipinski definition) is 2. The van der Waals surface area contributed by atoms with Crippen molar-refractivity contribution in [3.63, 3.8) is 0 Å². The third kappa shape index (κ3) is 3.11. The molecule has 4 bridgehead atoms. The van der Waals surface area contributed by atoms with Crippen LogP contribution < -0.4 is 5.73 Å². The fourth-order valence-electron chi connectivity index (χ4n) is 7.60. The number of halogens is 1. The zero-order chi connectivity index (χ0) is 20.1. The minimum absolute atomic E-state index is 0.151. The van der Waals surface area contributed by atoms with Crippen molar-refractivity contribution in [2.45, 2.75) is 56.8 Å². The smallest absolute Gasteiger partial charge is 0.251 e. The van der Waals surface area contributed by atoms with Crippen LogP contribution in [0.2, 0.25) is 0 Å². The molecule has 5 saturated carbocycles. The molecule has 5 fully saturated rings. The van der Waals surface area contributed by atoms with Crippen molar-refractivity contribution in [2.24, 2.45) is 45.7 Å². The summed E-state index contributed by atoms with van der Waals surface area (Å²) in [5, 5.41) is 0. The minimum atomic E-state index is -0.275. The Kier molecular flexibility index (Phi) is 5.11. The van der Waals surface area contributed by atoms with Crippen LogP contribution in [0.15, 0.2) is 35.3 Å². The summed E-state index contributed by atoms with van der Waals surface area (Å²) in [6, 6.07) is 10.9. The van der Waals surface area contributed by atoms with Gasteiger partial charge in [-0.1, -0.05) is 30.3 Å².